The largest absolute Gasteiger partial charge is 0.325 e. The number of carbonyl (C=O) groups excluding carboxylic acids is 2. The zero-order valence-electron chi connectivity index (χ0n) is 13.0. The number of benzene rings is 2. The number of nitrogens with zero attached hydrogens (tertiary/aromatic N) is 1. The van der Waals surface area contributed by atoms with E-state index in [2.05, 4.69) is 10.6 Å². The molecule has 2 N–H and O–H groups in total. The monoisotopic (exact) mass is 373 g/mol. The Balaban J connectivity index is 1.73. The third-order valence-corrected chi connectivity index (χ3v) is 4.72. The fourth-order valence-electron chi connectivity index (χ4n) is 2.41. The maximum Gasteiger partial charge on any atom is 0.240 e. The van der Waals surface area contributed by atoms with Crippen molar-refractivity contribution in [2.24, 2.45) is 5.41 Å². The molecule has 0 saturated heterocycles. The van der Waals surface area contributed by atoms with Crippen LogP contribution < -0.4 is 10.6 Å². The van der Waals surface area contributed by atoms with Crippen LogP contribution in [0.5, 0.6) is 0 Å². The zero-order chi connectivity index (χ0) is 18.0. The summed E-state index contributed by atoms with van der Waals surface area (Å²) in [6.07, 6.45) is 0.895. The van der Waals surface area contributed by atoms with Gasteiger partial charge in [0.15, 0.2) is 0 Å². The van der Waals surface area contributed by atoms with Gasteiger partial charge in [0.2, 0.25) is 11.8 Å². The summed E-state index contributed by atoms with van der Waals surface area (Å²) < 4.78 is 0. The van der Waals surface area contributed by atoms with Crippen LogP contribution in [0, 0.1) is 16.7 Å². The van der Waals surface area contributed by atoms with Crippen molar-refractivity contribution in [1.82, 2.24) is 0 Å². The van der Waals surface area contributed by atoms with Gasteiger partial charge in [0.05, 0.1) is 27.4 Å². The summed E-state index contributed by atoms with van der Waals surface area (Å²) >= 11 is 12.1. The number of hydrogen-bond donors (Lipinski definition) is 2. The first-order valence-electron chi connectivity index (χ1n) is 7.53. The number of para-hydroxylation sites is 1. The number of nitrogens with one attached hydrogen (secondary N) is 2. The van der Waals surface area contributed by atoms with E-state index in [-0.39, 0.29) is 0 Å². The topological polar surface area (TPSA) is 82.0 Å². The molecule has 1 fully saturated rings. The molecule has 0 aromatic heterocycles. The van der Waals surface area contributed by atoms with Crippen LogP contribution in [0.15, 0.2) is 42.5 Å². The van der Waals surface area contributed by atoms with Crippen molar-refractivity contribution < 1.29 is 9.59 Å². The lowest BCUT2D eigenvalue weighted by molar-refractivity contribution is -0.131. The minimum atomic E-state index is -1.13. The third-order valence-electron chi connectivity index (χ3n) is 4.09. The molecule has 0 unspecified atom stereocenters. The molecular weight excluding hydrogens is 361 g/mol. The molecule has 126 valence electrons. The Labute approximate surface area is 154 Å². The Morgan fingerprint density at radius 2 is 1.52 bits per heavy atom. The first-order valence-corrected chi connectivity index (χ1v) is 8.29. The van der Waals surface area contributed by atoms with E-state index in [4.69, 9.17) is 28.5 Å². The molecule has 1 aliphatic rings. The molecule has 1 aliphatic carbocycles. The quantitative estimate of drug-likeness (QED) is 0.786. The van der Waals surface area contributed by atoms with E-state index in [1.54, 1.807) is 42.5 Å². The van der Waals surface area contributed by atoms with Gasteiger partial charge in [-0.2, -0.15) is 5.26 Å². The van der Waals surface area contributed by atoms with E-state index >= 15 is 0 Å². The highest BCUT2D eigenvalue weighted by Crippen LogP contribution is 2.48. The van der Waals surface area contributed by atoms with Crippen LogP contribution >= 0.6 is 23.2 Å². The number of nitriles is 1. The molecule has 0 radical (unpaired) electrons. The van der Waals surface area contributed by atoms with Crippen molar-refractivity contribution in [3.05, 3.63) is 58.1 Å². The maximum atomic E-state index is 12.6. The number of anilines is 2. The van der Waals surface area contributed by atoms with Crippen LogP contribution in [-0.2, 0) is 9.59 Å². The Hall–Kier alpha value is -2.55. The predicted octanol–water partition coefficient (Wildman–Crippen LogP) is 4.22. The molecule has 25 heavy (non-hydrogen) atoms. The molecule has 2 amide bonds. The summed E-state index contributed by atoms with van der Waals surface area (Å²) in [4.78, 5) is 25.2. The van der Waals surface area contributed by atoms with Gasteiger partial charge in [-0.15, -0.1) is 0 Å². The lowest BCUT2D eigenvalue weighted by Crippen LogP contribution is -2.35. The van der Waals surface area contributed by atoms with Gasteiger partial charge in [-0.25, -0.2) is 0 Å². The van der Waals surface area contributed by atoms with E-state index in [9.17, 15) is 9.59 Å². The normalized spacial score (nSPS) is 14.3. The standard InChI is InChI=1S/C18H13Cl2N3O2/c19-13-2-1-3-14(20)15(13)23-17(25)18(8-9-18)16(24)22-12-6-4-11(10-21)5-7-12/h1-7H,8-9H2,(H,22,24)(H,23,25). The van der Waals surface area contributed by atoms with E-state index < -0.39 is 17.2 Å². The average molecular weight is 374 g/mol. The highest BCUT2D eigenvalue weighted by atomic mass is 35.5. The highest BCUT2D eigenvalue weighted by molar-refractivity contribution is 6.40. The number of amides is 2. The second-order valence-corrected chi connectivity index (χ2v) is 6.59. The molecule has 3 rings (SSSR count). The highest BCUT2D eigenvalue weighted by Gasteiger charge is 2.56. The van der Waals surface area contributed by atoms with Crippen LogP contribution in [-0.4, -0.2) is 11.8 Å². The molecular formula is C18H13Cl2N3O2. The van der Waals surface area contributed by atoms with E-state index in [0.717, 1.165) is 0 Å². The van der Waals surface area contributed by atoms with Crippen LogP contribution in [0.1, 0.15) is 18.4 Å². The predicted molar refractivity (Wildman–Crippen MR) is 96.5 cm³/mol. The summed E-state index contributed by atoms with van der Waals surface area (Å²) in [5.74, 6) is -0.827. The van der Waals surface area contributed by atoms with Crippen LogP contribution in [0.3, 0.4) is 0 Å². The van der Waals surface area contributed by atoms with Gasteiger partial charge < -0.3 is 10.6 Å². The molecule has 1 saturated carbocycles. The molecule has 0 bridgehead atoms. The first-order chi connectivity index (χ1) is 12.0. The zero-order valence-corrected chi connectivity index (χ0v) is 14.5. The SMILES string of the molecule is N#Cc1ccc(NC(=O)C2(C(=O)Nc3c(Cl)cccc3Cl)CC2)cc1. The van der Waals surface area contributed by atoms with Gasteiger partial charge >= 0.3 is 0 Å². The molecule has 7 heteroatoms. The second kappa shape index (κ2) is 6.75. The number of halogens is 2. The van der Waals surface area contributed by atoms with Crippen molar-refractivity contribution in [1.29, 1.82) is 5.26 Å². The number of hydrogen-bond acceptors (Lipinski definition) is 3. The van der Waals surface area contributed by atoms with Crippen molar-refractivity contribution in [2.45, 2.75) is 12.8 Å². The van der Waals surface area contributed by atoms with Crippen molar-refractivity contribution >= 4 is 46.4 Å². The Bertz CT molecular complexity index is 864. The van der Waals surface area contributed by atoms with Gasteiger partial charge in [-0.3, -0.25) is 9.59 Å². The van der Waals surface area contributed by atoms with E-state index in [0.29, 0.717) is 39.8 Å². The van der Waals surface area contributed by atoms with Gasteiger partial charge in [0.1, 0.15) is 5.41 Å². The Kier molecular flexibility index (Phi) is 4.67. The fraction of sp³-hybridized carbons (Fsp3) is 0.167. The average Bonchev–Trinajstić information content (AvgIpc) is 3.41. The summed E-state index contributed by atoms with van der Waals surface area (Å²) in [5, 5.41) is 14.8. The van der Waals surface area contributed by atoms with Crippen LogP contribution in [0.4, 0.5) is 11.4 Å². The molecule has 2 aromatic rings. The Morgan fingerprint density at radius 3 is 2.04 bits per heavy atom. The van der Waals surface area contributed by atoms with Gasteiger partial charge in [0, 0.05) is 5.69 Å². The second-order valence-electron chi connectivity index (χ2n) is 5.78. The van der Waals surface area contributed by atoms with Crippen molar-refractivity contribution in [3.63, 3.8) is 0 Å². The Morgan fingerprint density at radius 1 is 0.960 bits per heavy atom. The molecule has 0 spiro atoms. The smallest absolute Gasteiger partial charge is 0.240 e. The molecule has 0 aliphatic heterocycles. The third kappa shape index (κ3) is 3.46. The van der Waals surface area contributed by atoms with Crippen molar-refractivity contribution in [2.75, 3.05) is 10.6 Å². The van der Waals surface area contributed by atoms with Gasteiger partial charge in [-0.05, 0) is 49.2 Å². The molecule has 2 aromatic carbocycles. The summed E-state index contributed by atoms with van der Waals surface area (Å²) in [6, 6.07) is 13.3. The lowest BCUT2D eigenvalue weighted by atomic mass is 10.0. The number of rotatable bonds is 4. The van der Waals surface area contributed by atoms with E-state index in [1.807, 2.05) is 6.07 Å². The number of carbonyl (C=O) groups is 2. The van der Waals surface area contributed by atoms with E-state index in [1.165, 1.54) is 0 Å². The minimum absolute atomic E-state index is 0.299. The van der Waals surface area contributed by atoms with Gasteiger partial charge in [0.25, 0.3) is 0 Å². The summed E-state index contributed by atoms with van der Waals surface area (Å²) in [5.41, 5.74) is 0.188. The fourth-order valence-corrected chi connectivity index (χ4v) is 2.90. The summed E-state index contributed by atoms with van der Waals surface area (Å²) in [7, 11) is 0. The van der Waals surface area contributed by atoms with Crippen LogP contribution in [0.25, 0.3) is 0 Å². The molecule has 5 nitrogen and oxygen atoms in total. The first kappa shape index (κ1) is 17.3. The van der Waals surface area contributed by atoms with Crippen molar-refractivity contribution in [3.8, 4) is 6.07 Å². The lowest BCUT2D eigenvalue weighted by Gasteiger charge is -2.16. The maximum absolute atomic E-state index is 12.6. The molecule has 0 atom stereocenters. The minimum Gasteiger partial charge on any atom is -0.325 e. The molecule has 0 heterocycles. The summed E-state index contributed by atoms with van der Waals surface area (Å²) in [6.45, 7) is 0. The van der Waals surface area contributed by atoms with Gasteiger partial charge in [-0.1, -0.05) is 29.3 Å². The van der Waals surface area contributed by atoms with Crippen LogP contribution in [0.2, 0.25) is 10.0 Å².